The molecule has 1 saturated carbocycles. The molecule has 0 unspecified atom stereocenters. The normalized spacial score (nSPS) is 17.6. The molecule has 1 aliphatic carbocycles. The quantitative estimate of drug-likeness (QED) is 0.691. The molecule has 19 heavy (non-hydrogen) atoms. The van der Waals surface area contributed by atoms with Gasteiger partial charge in [0.15, 0.2) is 11.9 Å². The number of carbonyl (C=O) groups excluding carboxylic acids is 3. The standard InChI is InChI=1S/C14H22O5/c1-3-13(16)19-10(2)14(17)18-9-12(15)11-7-5-4-6-8-11/h10-11H,3-9H2,1-2H3/t10-/m0/s1. The van der Waals surface area contributed by atoms with Gasteiger partial charge in [0.25, 0.3) is 0 Å². The molecule has 1 fully saturated rings. The van der Waals surface area contributed by atoms with Gasteiger partial charge in [0.2, 0.25) is 0 Å². The van der Waals surface area contributed by atoms with Crippen LogP contribution < -0.4 is 0 Å². The lowest BCUT2D eigenvalue weighted by atomic mass is 9.86. The van der Waals surface area contributed by atoms with E-state index in [0.29, 0.717) is 0 Å². The van der Waals surface area contributed by atoms with Gasteiger partial charge in [-0.1, -0.05) is 26.2 Å². The first-order chi connectivity index (χ1) is 9.04. The number of Topliss-reactive ketones (excluding diaryl/α,β-unsaturated/α-hetero) is 1. The maximum Gasteiger partial charge on any atom is 0.347 e. The Kier molecular flexibility index (Phi) is 6.53. The highest BCUT2D eigenvalue weighted by molar-refractivity contribution is 5.85. The summed E-state index contributed by atoms with van der Waals surface area (Å²) in [5, 5.41) is 0. The van der Waals surface area contributed by atoms with E-state index in [2.05, 4.69) is 0 Å². The highest BCUT2D eigenvalue weighted by atomic mass is 16.6. The number of rotatable bonds is 6. The van der Waals surface area contributed by atoms with Crippen LogP contribution in [0.15, 0.2) is 0 Å². The monoisotopic (exact) mass is 270 g/mol. The Labute approximate surface area is 113 Å². The molecule has 1 rings (SSSR count). The predicted molar refractivity (Wildman–Crippen MR) is 68.4 cm³/mol. The zero-order chi connectivity index (χ0) is 14.3. The zero-order valence-corrected chi connectivity index (χ0v) is 11.6. The van der Waals surface area contributed by atoms with Crippen LogP contribution >= 0.6 is 0 Å². The van der Waals surface area contributed by atoms with E-state index in [1.165, 1.54) is 13.3 Å². The molecule has 0 saturated heterocycles. The van der Waals surface area contributed by atoms with Gasteiger partial charge >= 0.3 is 11.9 Å². The van der Waals surface area contributed by atoms with Gasteiger partial charge < -0.3 is 9.47 Å². The molecular formula is C14H22O5. The topological polar surface area (TPSA) is 69.7 Å². The number of hydrogen-bond acceptors (Lipinski definition) is 5. The molecule has 0 N–H and O–H groups in total. The second-order valence-electron chi connectivity index (χ2n) is 4.89. The van der Waals surface area contributed by atoms with Crippen molar-refractivity contribution in [3.05, 3.63) is 0 Å². The van der Waals surface area contributed by atoms with Crippen molar-refractivity contribution in [3.63, 3.8) is 0 Å². The molecule has 0 radical (unpaired) electrons. The minimum absolute atomic E-state index is 0.0232. The van der Waals surface area contributed by atoms with Crippen LogP contribution in [0.4, 0.5) is 0 Å². The molecule has 0 bridgehead atoms. The Bertz CT molecular complexity index is 331. The van der Waals surface area contributed by atoms with Gasteiger partial charge in [0.05, 0.1) is 0 Å². The minimum Gasteiger partial charge on any atom is -0.455 e. The van der Waals surface area contributed by atoms with Gasteiger partial charge in [-0.25, -0.2) is 4.79 Å². The van der Waals surface area contributed by atoms with Crippen LogP contribution in [0.25, 0.3) is 0 Å². The summed E-state index contributed by atoms with van der Waals surface area (Å²) in [5.41, 5.74) is 0. The molecule has 1 aliphatic rings. The van der Waals surface area contributed by atoms with E-state index in [4.69, 9.17) is 9.47 Å². The molecule has 0 heterocycles. The second kappa shape index (κ2) is 7.92. The summed E-state index contributed by atoms with van der Waals surface area (Å²) in [6, 6.07) is 0. The molecule has 0 aromatic rings. The molecule has 0 spiro atoms. The lowest BCUT2D eigenvalue weighted by Gasteiger charge is -2.20. The lowest BCUT2D eigenvalue weighted by Crippen LogP contribution is -2.30. The van der Waals surface area contributed by atoms with Crippen LogP contribution in [-0.4, -0.2) is 30.4 Å². The van der Waals surface area contributed by atoms with E-state index in [1.54, 1.807) is 6.92 Å². The fraction of sp³-hybridized carbons (Fsp3) is 0.786. The Morgan fingerprint density at radius 3 is 2.37 bits per heavy atom. The zero-order valence-electron chi connectivity index (χ0n) is 11.6. The first-order valence-electron chi connectivity index (χ1n) is 6.93. The Hall–Kier alpha value is -1.39. The Morgan fingerprint density at radius 2 is 1.79 bits per heavy atom. The summed E-state index contributed by atoms with van der Waals surface area (Å²) < 4.78 is 9.71. The largest absolute Gasteiger partial charge is 0.455 e. The Balaban J connectivity index is 2.28. The van der Waals surface area contributed by atoms with Gasteiger partial charge in [-0.3, -0.25) is 9.59 Å². The van der Waals surface area contributed by atoms with Crippen LogP contribution in [0.2, 0.25) is 0 Å². The molecule has 5 heteroatoms. The minimum atomic E-state index is -0.952. The summed E-state index contributed by atoms with van der Waals surface area (Å²) in [6.45, 7) is 2.88. The van der Waals surface area contributed by atoms with Crippen molar-refractivity contribution in [3.8, 4) is 0 Å². The third-order valence-corrected chi connectivity index (χ3v) is 3.35. The van der Waals surface area contributed by atoms with Crippen LogP contribution in [0.5, 0.6) is 0 Å². The maximum absolute atomic E-state index is 11.8. The van der Waals surface area contributed by atoms with Crippen LogP contribution in [0.1, 0.15) is 52.4 Å². The third kappa shape index (κ3) is 5.41. The summed E-state index contributed by atoms with van der Waals surface area (Å²) in [4.78, 5) is 34.4. The van der Waals surface area contributed by atoms with E-state index in [1.807, 2.05) is 0 Å². The molecule has 5 nitrogen and oxygen atoms in total. The highest BCUT2D eigenvalue weighted by Gasteiger charge is 2.24. The SMILES string of the molecule is CCC(=O)O[C@@H](C)C(=O)OCC(=O)C1CCCCC1. The van der Waals surface area contributed by atoms with Crippen molar-refractivity contribution in [2.75, 3.05) is 6.61 Å². The molecule has 108 valence electrons. The molecule has 1 atom stereocenters. The molecule has 0 aromatic heterocycles. The molecule has 0 amide bonds. The molecule has 0 aliphatic heterocycles. The fourth-order valence-corrected chi connectivity index (χ4v) is 2.13. The second-order valence-corrected chi connectivity index (χ2v) is 4.89. The van der Waals surface area contributed by atoms with Crippen molar-refractivity contribution < 1.29 is 23.9 Å². The number of ether oxygens (including phenoxy) is 2. The number of hydrogen-bond donors (Lipinski definition) is 0. The average molecular weight is 270 g/mol. The van der Waals surface area contributed by atoms with Crippen LogP contribution in [0.3, 0.4) is 0 Å². The average Bonchev–Trinajstić information content (AvgIpc) is 2.44. The number of carbonyl (C=O) groups is 3. The molecule has 0 aromatic carbocycles. The smallest absolute Gasteiger partial charge is 0.347 e. The van der Waals surface area contributed by atoms with Crippen molar-refractivity contribution in [2.24, 2.45) is 5.92 Å². The Morgan fingerprint density at radius 1 is 1.16 bits per heavy atom. The van der Waals surface area contributed by atoms with Crippen molar-refractivity contribution in [1.82, 2.24) is 0 Å². The first-order valence-corrected chi connectivity index (χ1v) is 6.93. The third-order valence-electron chi connectivity index (χ3n) is 3.35. The highest BCUT2D eigenvalue weighted by Crippen LogP contribution is 2.24. The maximum atomic E-state index is 11.8. The van der Waals surface area contributed by atoms with Crippen molar-refractivity contribution in [2.45, 2.75) is 58.5 Å². The van der Waals surface area contributed by atoms with Gasteiger partial charge in [-0.2, -0.15) is 0 Å². The summed E-state index contributed by atoms with van der Waals surface area (Å²) in [7, 11) is 0. The van der Waals surface area contributed by atoms with Crippen LogP contribution in [0, 0.1) is 5.92 Å². The van der Waals surface area contributed by atoms with Gasteiger partial charge in [-0.05, 0) is 19.8 Å². The summed E-state index contributed by atoms with van der Waals surface area (Å²) >= 11 is 0. The van der Waals surface area contributed by atoms with Gasteiger partial charge in [0.1, 0.15) is 6.61 Å². The predicted octanol–water partition coefficient (Wildman–Crippen LogP) is 2.02. The van der Waals surface area contributed by atoms with Crippen molar-refractivity contribution >= 4 is 17.7 Å². The number of ketones is 1. The first kappa shape index (κ1) is 15.7. The lowest BCUT2D eigenvalue weighted by molar-refractivity contribution is -0.167. The van der Waals surface area contributed by atoms with E-state index in [-0.39, 0.29) is 24.7 Å². The fourth-order valence-electron chi connectivity index (χ4n) is 2.13. The van der Waals surface area contributed by atoms with E-state index in [9.17, 15) is 14.4 Å². The van der Waals surface area contributed by atoms with E-state index in [0.717, 1.165) is 25.7 Å². The van der Waals surface area contributed by atoms with Crippen LogP contribution in [-0.2, 0) is 23.9 Å². The summed E-state index contributed by atoms with van der Waals surface area (Å²) in [6.07, 6.45) is 4.33. The number of esters is 2. The van der Waals surface area contributed by atoms with Gasteiger partial charge in [0, 0.05) is 12.3 Å². The van der Waals surface area contributed by atoms with Crippen molar-refractivity contribution in [1.29, 1.82) is 0 Å². The summed E-state index contributed by atoms with van der Waals surface area (Å²) in [5.74, 6) is -1.12. The molecular weight excluding hydrogens is 248 g/mol. The van der Waals surface area contributed by atoms with E-state index < -0.39 is 18.0 Å². The van der Waals surface area contributed by atoms with E-state index >= 15 is 0 Å². The van der Waals surface area contributed by atoms with Gasteiger partial charge in [-0.15, -0.1) is 0 Å².